The van der Waals surface area contributed by atoms with Crippen LogP contribution < -0.4 is 10.6 Å². The summed E-state index contributed by atoms with van der Waals surface area (Å²) in [7, 11) is 0. The van der Waals surface area contributed by atoms with Crippen molar-refractivity contribution in [1.29, 1.82) is 0 Å². The van der Waals surface area contributed by atoms with E-state index in [1.54, 1.807) is 11.0 Å². The molecule has 118 valence electrons. The number of carbonyl (C=O) groups excluding carboxylic acids is 1. The highest BCUT2D eigenvalue weighted by molar-refractivity contribution is 5.99. The standard InChI is InChI=1S/C16H18N6O/c1-11-6-7-13-4-3-5-14(15(13)19-11)21-16(23)20-12(2)8-22-10-17-9-18-22/h3-7,9-10,12H,8H2,1-2H3,(H2,20,21,23). The van der Waals surface area contributed by atoms with E-state index in [9.17, 15) is 4.79 Å². The fourth-order valence-electron chi connectivity index (χ4n) is 2.38. The van der Waals surface area contributed by atoms with E-state index in [0.29, 0.717) is 12.2 Å². The summed E-state index contributed by atoms with van der Waals surface area (Å²) in [6.45, 7) is 4.39. The van der Waals surface area contributed by atoms with Crippen LogP contribution in [0.1, 0.15) is 12.6 Å². The fraction of sp³-hybridized carbons (Fsp3) is 0.250. The number of amides is 2. The van der Waals surface area contributed by atoms with Gasteiger partial charge in [0.05, 0.1) is 17.7 Å². The molecule has 1 aromatic carbocycles. The molecular weight excluding hydrogens is 292 g/mol. The van der Waals surface area contributed by atoms with Crippen LogP contribution in [0.5, 0.6) is 0 Å². The number of para-hydroxylation sites is 1. The zero-order chi connectivity index (χ0) is 16.2. The molecule has 3 aromatic rings. The van der Waals surface area contributed by atoms with Crippen LogP contribution in [-0.4, -0.2) is 31.8 Å². The number of aromatic nitrogens is 4. The molecule has 0 aliphatic heterocycles. The van der Waals surface area contributed by atoms with Crippen molar-refractivity contribution in [3.63, 3.8) is 0 Å². The van der Waals surface area contributed by atoms with E-state index in [4.69, 9.17) is 0 Å². The highest BCUT2D eigenvalue weighted by Crippen LogP contribution is 2.21. The average Bonchev–Trinajstić information content (AvgIpc) is 3.00. The first-order chi connectivity index (χ1) is 11.1. The SMILES string of the molecule is Cc1ccc2cccc(NC(=O)NC(C)Cn3cncn3)c2n1. The normalized spacial score (nSPS) is 12.1. The molecular formula is C16H18N6O. The third kappa shape index (κ3) is 3.63. The van der Waals surface area contributed by atoms with E-state index in [-0.39, 0.29) is 12.1 Å². The van der Waals surface area contributed by atoms with Crippen LogP contribution in [0, 0.1) is 6.92 Å². The van der Waals surface area contributed by atoms with Crippen molar-refractivity contribution < 1.29 is 4.79 Å². The minimum Gasteiger partial charge on any atom is -0.334 e. The summed E-state index contributed by atoms with van der Waals surface area (Å²) in [5, 5.41) is 10.8. The van der Waals surface area contributed by atoms with Gasteiger partial charge in [-0.25, -0.2) is 9.78 Å². The number of rotatable bonds is 4. The second-order valence-electron chi connectivity index (χ2n) is 5.45. The second kappa shape index (κ2) is 6.43. The number of hydrogen-bond donors (Lipinski definition) is 2. The Kier molecular flexibility index (Phi) is 4.18. The van der Waals surface area contributed by atoms with E-state index in [0.717, 1.165) is 16.6 Å². The molecule has 0 radical (unpaired) electrons. The molecule has 1 atom stereocenters. The number of nitrogens with zero attached hydrogens (tertiary/aromatic N) is 4. The van der Waals surface area contributed by atoms with Crippen LogP contribution in [0.2, 0.25) is 0 Å². The number of nitrogens with one attached hydrogen (secondary N) is 2. The topological polar surface area (TPSA) is 84.7 Å². The summed E-state index contributed by atoms with van der Waals surface area (Å²) in [6, 6.07) is 9.30. The van der Waals surface area contributed by atoms with Gasteiger partial charge >= 0.3 is 6.03 Å². The Morgan fingerprint density at radius 1 is 1.30 bits per heavy atom. The van der Waals surface area contributed by atoms with Crippen LogP contribution >= 0.6 is 0 Å². The van der Waals surface area contributed by atoms with Gasteiger partial charge in [0, 0.05) is 17.1 Å². The molecule has 2 amide bonds. The molecule has 0 fully saturated rings. The van der Waals surface area contributed by atoms with Crippen molar-refractivity contribution in [2.75, 3.05) is 5.32 Å². The minimum absolute atomic E-state index is 0.0821. The molecule has 7 nitrogen and oxygen atoms in total. The minimum atomic E-state index is -0.270. The van der Waals surface area contributed by atoms with Gasteiger partial charge < -0.3 is 10.6 Å². The molecule has 0 saturated carbocycles. The number of anilines is 1. The monoisotopic (exact) mass is 310 g/mol. The van der Waals surface area contributed by atoms with Gasteiger partial charge in [-0.15, -0.1) is 0 Å². The largest absolute Gasteiger partial charge is 0.334 e. The van der Waals surface area contributed by atoms with Gasteiger partial charge in [0.2, 0.25) is 0 Å². The molecule has 0 saturated heterocycles. The predicted octanol–water partition coefficient (Wildman–Crippen LogP) is 2.34. The number of pyridine rings is 1. The number of aryl methyl sites for hydroxylation is 1. The van der Waals surface area contributed by atoms with Crippen molar-refractivity contribution in [1.82, 2.24) is 25.1 Å². The lowest BCUT2D eigenvalue weighted by atomic mass is 10.2. The summed E-state index contributed by atoms with van der Waals surface area (Å²) >= 11 is 0. The molecule has 2 heterocycles. The van der Waals surface area contributed by atoms with Gasteiger partial charge in [0.1, 0.15) is 12.7 Å². The maximum Gasteiger partial charge on any atom is 0.319 e. The first-order valence-corrected chi connectivity index (χ1v) is 7.38. The van der Waals surface area contributed by atoms with Gasteiger partial charge in [0.15, 0.2) is 0 Å². The van der Waals surface area contributed by atoms with E-state index in [1.807, 2.05) is 44.2 Å². The number of carbonyl (C=O) groups is 1. The van der Waals surface area contributed by atoms with Crippen molar-refractivity contribution in [2.45, 2.75) is 26.4 Å². The van der Waals surface area contributed by atoms with Crippen LogP contribution in [0.3, 0.4) is 0 Å². The quantitative estimate of drug-likeness (QED) is 0.774. The molecule has 0 aliphatic rings. The molecule has 0 bridgehead atoms. The highest BCUT2D eigenvalue weighted by atomic mass is 16.2. The molecule has 0 spiro atoms. The van der Waals surface area contributed by atoms with Crippen LogP contribution in [0.4, 0.5) is 10.5 Å². The lowest BCUT2D eigenvalue weighted by molar-refractivity contribution is 0.247. The van der Waals surface area contributed by atoms with E-state index >= 15 is 0 Å². The molecule has 23 heavy (non-hydrogen) atoms. The summed E-state index contributed by atoms with van der Waals surface area (Å²) in [5.74, 6) is 0. The van der Waals surface area contributed by atoms with Crippen LogP contribution in [0.15, 0.2) is 43.0 Å². The van der Waals surface area contributed by atoms with E-state index in [2.05, 4.69) is 25.7 Å². The molecule has 7 heteroatoms. The van der Waals surface area contributed by atoms with Crippen LogP contribution in [-0.2, 0) is 6.54 Å². The van der Waals surface area contributed by atoms with E-state index < -0.39 is 0 Å². The van der Waals surface area contributed by atoms with Crippen LogP contribution in [0.25, 0.3) is 10.9 Å². The first-order valence-electron chi connectivity index (χ1n) is 7.38. The third-order valence-corrected chi connectivity index (χ3v) is 3.41. The Bertz CT molecular complexity index is 815. The van der Waals surface area contributed by atoms with Gasteiger partial charge in [-0.2, -0.15) is 5.10 Å². The van der Waals surface area contributed by atoms with Crippen molar-refractivity contribution in [3.05, 3.63) is 48.7 Å². The number of hydrogen-bond acceptors (Lipinski definition) is 4. The Hall–Kier alpha value is -2.96. The van der Waals surface area contributed by atoms with Gasteiger partial charge in [0.25, 0.3) is 0 Å². The average molecular weight is 310 g/mol. The van der Waals surface area contributed by atoms with Crippen molar-refractivity contribution >= 4 is 22.6 Å². The number of benzene rings is 1. The van der Waals surface area contributed by atoms with Gasteiger partial charge in [-0.1, -0.05) is 18.2 Å². The smallest absolute Gasteiger partial charge is 0.319 e. The summed E-state index contributed by atoms with van der Waals surface area (Å²) in [5.41, 5.74) is 2.38. The molecule has 0 aliphatic carbocycles. The number of urea groups is 1. The van der Waals surface area contributed by atoms with Gasteiger partial charge in [-0.3, -0.25) is 9.67 Å². The lowest BCUT2D eigenvalue weighted by Gasteiger charge is -2.15. The molecule has 3 rings (SSSR count). The maximum absolute atomic E-state index is 12.2. The predicted molar refractivity (Wildman–Crippen MR) is 88.1 cm³/mol. The summed E-state index contributed by atoms with van der Waals surface area (Å²) < 4.78 is 1.67. The fourth-order valence-corrected chi connectivity index (χ4v) is 2.38. The zero-order valence-electron chi connectivity index (χ0n) is 13.0. The second-order valence-corrected chi connectivity index (χ2v) is 5.45. The molecule has 2 aromatic heterocycles. The number of fused-ring (bicyclic) bond motifs is 1. The summed E-state index contributed by atoms with van der Waals surface area (Å²) in [4.78, 5) is 20.6. The van der Waals surface area contributed by atoms with Crippen molar-refractivity contribution in [2.24, 2.45) is 0 Å². The maximum atomic E-state index is 12.2. The third-order valence-electron chi connectivity index (χ3n) is 3.41. The van der Waals surface area contributed by atoms with E-state index in [1.165, 1.54) is 6.33 Å². The zero-order valence-corrected chi connectivity index (χ0v) is 13.0. The first kappa shape index (κ1) is 15.0. The van der Waals surface area contributed by atoms with Crippen molar-refractivity contribution in [3.8, 4) is 0 Å². The lowest BCUT2D eigenvalue weighted by Crippen LogP contribution is -2.38. The Balaban J connectivity index is 1.69. The summed E-state index contributed by atoms with van der Waals surface area (Å²) in [6.07, 6.45) is 3.09. The Morgan fingerprint density at radius 2 is 2.17 bits per heavy atom. The molecule has 2 N–H and O–H groups in total. The highest BCUT2D eigenvalue weighted by Gasteiger charge is 2.10. The van der Waals surface area contributed by atoms with Gasteiger partial charge in [-0.05, 0) is 26.0 Å². The molecule has 1 unspecified atom stereocenters. The Labute approximate surface area is 133 Å². The Morgan fingerprint density at radius 3 is 2.96 bits per heavy atom.